The maximum atomic E-state index is 12.1. The van der Waals surface area contributed by atoms with Crippen LogP contribution in [0.3, 0.4) is 0 Å². The molecule has 0 aliphatic rings. The van der Waals surface area contributed by atoms with Crippen molar-refractivity contribution in [1.82, 2.24) is 10.3 Å². The van der Waals surface area contributed by atoms with Gasteiger partial charge >= 0.3 is 0 Å². The Hall–Kier alpha value is -1.16. The summed E-state index contributed by atoms with van der Waals surface area (Å²) in [4.78, 5) is 16.3. The molecule has 0 radical (unpaired) electrons. The van der Waals surface area contributed by atoms with Gasteiger partial charge in [-0.25, -0.2) is 4.98 Å². The van der Waals surface area contributed by atoms with Crippen molar-refractivity contribution in [3.63, 3.8) is 0 Å². The van der Waals surface area contributed by atoms with Gasteiger partial charge in [-0.15, -0.1) is 0 Å². The minimum Gasteiger partial charge on any atom is -0.479 e. The average Bonchev–Trinajstić information content (AvgIpc) is 2.52. The number of carbonyl (C=O) groups excluding carboxylic acids is 1. The third-order valence-electron chi connectivity index (χ3n) is 2.77. The van der Waals surface area contributed by atoms with Crippen LogP contribution in [-0.4, -0.2) is 22.1 Å². The minimum absolute atomic E-state index is 0.131. The van der Waals surface area contributed by atoms with Crippen LogP contribution in [-0.2, 0) is 4.79 Å². The maximum Gasteiger partial charge on any atom is 0.266 e. The van der Waals surface area contributed by atoms with E-state index in [0.29, 0.717) is 21.6 Å². The molecule has 0 saturated carbocycles. The molecule has 1 atom stereocenters. The summed E-state index contributed by atoms with van der Waals surface area (Å²) in [6.07, 6.45) is 0.884. The summed E-state index contributed by atoms with van der Waals surface area (Å²) in [5.41, 5.74) is 0. The Labute approximate surface area is 168 Å². The highest BCUT2D eigenvalue weighted by Crippen LogP contribution is 2.28. The lowest BCUT2D eigenvalue weighted by Crippen LogP contribution is -2.42. The number of amides is 1. The van der Waals surface area contributed by atoms with Gasteiger partial charge in [-0.1, -0.05) is 23.2 Å². The number of ether oxygens (including phenoxy) is 1. The van der Waals surface area contributed by atoms with E-state index in [0.717, 1.165) is 3.57 Å². The van der Waals surface area contributed by atoms with E-state index in [1.54, 1.807) is 31.3 Å². The van der Waals surface area contributed by atoms with E-state index in [1.165, 1.54) is 6.07 Å². The monoisotopic (exact) mass is 495 g/mol. The Morgan fingerprint density at radius 2 is 2.08 bits per heavy atom. The predicted octanol–water partition coefficient (Wildman–Crippen LogP) is 4.27. The predicted molar refractivity (Wildman–Crippen MR) is 108 cm³/mol. The molecule has 24 heavy (non-hydrogen) atoms. The molecule has 1 aromatic heterocycles. The zero-order valence-corrected chi connectivity index (χ0v) is 16.8. The number of thiocarbonyl (C=S) groups is 1. The Morgan fingerprint density at radius 1 is 1.33 bits per heavy atom. The molecule has 1 amide bonds. The third kappa shape index (κ3) is 5.73. The first-order valence-electron chi connectivity index (χ1n) is 6.70. The van der Waals surface area contributed by atoms with E-state index in [2.05, 4.69) is 38.2 Å². The molecule has 2 N–H and O–H groups in total. The van der Waals surface area contributed by atoms with Crippen molar-refractivity contribution in [2.24, 2.45) is 0 Å². The molecular weight excluding hydrogens is 484 g/mol. The number of halogens is 3. The van der Waals surface area contributed by atoms with Crippen LogP contribution in [0.15, 0.2) is 36.5 Å². The van der Waals surface area contributed by atoms with Gasteiger partial charge in [-0.3, -0.25) is 10.1 Å². The van der Waals surface area contributed by atoms with Gasteiger partial charge in [-0.05, 0) is 72.1 Å². The van der Waals surface area contributed by atoms with Crippen molar-refractivity contribution in [1.29, 1.82) is 0 Å². The van der Waals surface area contributed by atoms with Gasteiger partial charge in [-0.2, -0.15) is 0 Å². The molecule has 0 bridgehead atoms. The van der Waals surface area contributed by atoms with Crippen LogP contribution in [0.25, 0.3) is 0 Å². The molecule has 0 aliphatic carbocycles. The number of carbonyl (C=O) groups is 1. The maximum absolute atomic E-state index is 12.1. The number of aromatic nitrogens is 1. The number of benzene rings is 1. The van der Waals surface area contributed by atoms with E-state index in [9.17, 15) is 4.79 Å². The lowest BCUT2D eigenvalue weighted by atomic mass is 10.3. The van der Waals surface area contributed by atoms with Crippen LogP contribution in [0.4, 0.5) is 5.82 Å². The molecule has 0 saturated heterocycles. The summed E-state index contributed by atoms with van der Waals surface area (Å²) in [7, 11) is 0. The lowest BCUT2D eigenvalue weighted by Gasteiger charge is -2.16. The summed E-state index contributed by atoms with van der Waals surface area (Å²) < 4.78 is 6.52. The molecule has 2 aromatic rings. The summed E-state index contributed by atoms with van der Waals surface area (Å²) >= 11 is 19.1. The second kappa shape index (κ2) is 8.80. The van der Waals surface area contributed by atoms with Crippen LogP contribution >= 0.6 is 58.0 Å². The lowest BCUT2D eigenvalue weighted by molar-refractivity contribution is -0.125. The van der Waals surface area contributed by atoms with Gasteiger partial charge < -0.3 is 10.1 Å². The normalized spacial score (nSPS) is 11.5. The van der Waals surface area contributed by atoms with Crippen molar-refractivity contribution < 1.29 is 9.53 Å². The Kier molecular flexibility index (Phi) is 7.02. The molecule has 1 heterocycles. The molecule has 0 unspecified atom stereocenters. The van der Waals surface area contributed by atoms with E-state index in [-0.39, 0.29) is 5.11 Å². The van der Waals surface area contributed by atoms with Gasteiger partial charge in [0.1, 0.15) is 11.6 Å². The van der Waals surface area contributed by atoms with Crippen molar-refractivity contribution in [2.45, 2.75) is 13.0 Å². The summed E-state index contributed by atoms with van der Waals surface area (Å²) in [5.74, 6) is 0.487. The zero-order chi connectivity index (χ0) is 17.7. The first-order valence-corrected chi connectivity index (χ1v) is 8.94. The second-order valence-corrected chi connectivity index (χ2v) is 7.14. The molecule has 2 rings (SSSR count). The highest BCUT2D eigenvalue weighted by atomic mass is 127. The molecule has 9 heteroatoms. The fourth-order valence-electron chi connectivity index (χ4n) is 1.63. The van der Waals surface area contributed by atoms with Crippen LogP contribution in [0.1, 0.15) is 6.92 Å². The fraction of sp³-hybridized carbons (Fsp3) is 0.133. The quantitative estimate of drug-likeness (QED) is 0.489. The van der Waals surface area contributed by atoms with E-state index < -0.39 is 12.0 Å². The topological polar surface area (TPSA) is 63.2 Å². The average molecular weight is 496 g/mol. The molecule has 126 valence electrons. The number of nitrogens with zero attached hydrogens (tertiary/aromatic N) is 1. The third-order valence-corrected chi connectivity index (χ3v) is 4.15. The summed E-state index contributed by atoms with van der Waals surface area (Å²) in [6.45, 7) is 1.59. The van der Waals surface area contributed by atoms with Gasteiger partial charge in [0.15, 0.2) is 11.2 Å². The number of nitrogens with one attached hydrogen (secondary N) is 2. The Bertz CT molecular complexity index is 759. The number of hydrogen-bond donors (Lipinski definition) is 2. The fourth-order valence-corrected chi connectivity index (χ4v) is 2.60. The SMILES string of the molecule is C[C@H](Oc1ccc(Cl)cc1Cl)C(=O)NC(=S)Nc1ccc(I)cn1. The Balaban J connectivity index is 1.90. The highest BCUT2D eigenvalue weighted by molar-refractivity contribution is 14.1. The van der Waals surface area contributed by atoms with E-state index in [1.807, 2.05) is 6.07 Å². The molecule has 5 nitrogen and oxygen atoms in total. The van der Waals surface area contributed by atoms with Crippen molar-refractivity contribution >= 4 is 74.8 Å². The minimum atomic E-state index is -0.798. The zero-order valence-electron chi connectivity index (χ0n) is 12.3. The molecule has 0 fully saturated rings. The largest absolute Gasteiger partial charge is 0.479 e. The van der Waals surface area contributed by atoms with Crippen LogP contribution in [0.5, 0.6) is 5.75 Å². The van der Waals surface area contributed by atoms with Crippen LogP contribution in [0, 0.1) is 3.57 Å². The molecule has 1 aromatic carbocycles. The van der Waals surface area contributed by atoms with Gasteiger partial charge in [0.25, 0.3) is 5.91 Å². The number of hydrogen-bond acceptors (Lipinski definition) is 4. The standard InChI is InChI=1S/C15H12Cl2IN3O2S/c1-8(23-12-4-2-9(16)6-11(12)17)14(22)21-15(24)20-13-5-3-10(18)7-19-13/h2-8H,1H3,(H2,19,20,21,22,24)/t8-/m0/s1. The van der Waals surface area contributed by atoms with Crippen LogP contribution < -0.4 is 15.4 Å². The highest BCUT2D eigenvalue weighted by Gasteiger charge is 2.17. The van der Waals surface area contributed by atoms with Crippen molar-refractivity contribution in [3.05, 3.63) is 50.1 Å². The molecule has 0 spiro atoms. The number of rotatable bonds is 4. The number of anilines is 1. The van der Waals surface area contributed by atoms with Gasteiger partial charge in [0, 0.05) is 14.8 Å². The smallest absolute Gasteiger partial charge is 0.266 e. The van der Waals surface area contributed by atoms with Crippen molar-refractivity contribution in [2.75, 3.05) is 5.32 Å². The van der Waals surface area contributed by atoms with Gasteiger partial charge in [0.2, 0.25) is 0 Å². The second-order valence-electron chi connectivity index (χ2n) is 4.64. The molecular formula is C15H12Cl2IN3O2S. The number of pyridine rings is 1. The first-order chi connectivity index (χ1) is 11.3. The van der Waals surface area contributed by atoms with E-state index in [4.69, 9.17) is 40.2 Å². The Morgan fingerprint density at radius 3 is 2.71 bits per heavy atom. The molecule has 0 aliphatic heterocycles. The van der Waals surface area contributed by atoms with Crippen LogP contribution in [0.2, 0.25) is 10.0 Å². The van der Waals surface area contributed by atoms with Crippen molar-refractivity contribution in [3.8, 4) is 5.75 Å². The summed E-state index contributed by atoms with van der Waals surface area (Å²) in [5, 5.41) is 6.30. The van der Waals surface area contributed by atoms with E-state index >= 15 is 0 Å². The summed E-state index contributed by atoms with van der Waals surface area (Å²) in [6, 6.07) is 8.39. The first kappa shape index (κ1) is 19.2. The van der Waals surface area contributed by atoms with Gasteiger partial charge in [0.05, 0.1) is 5.02 Å².